The number of carbonyl (C=O) groups is 14. The van der Waals surface area contributed by atoms with Crippen LogP contribution in [0.4, 0.5) is 26.3 Å². The van der Waals surface area contributed by atoms with E-state index >= 15 is 9.59 Å². The number of para-hydroxylation sites is 1. The molecule has 0 radical (unpaired) electrons. The Kier molecular flexibility index (Phi) is 38.7. The highest BCUT2D eigenvalue weighted by Crippen LogP contribution is 2.26. The molecule has 2 unspecified atom stereocenters. The Hall–Kier alpha value is -10.8. The molecule has 1 saturated heterocycles. The number of aliphatic imine (C=N–C) groups is 1. The quantitative estimate of drug-likeness (QED) is 0.0144. The summed E-state index contributed by atoms with van der Waals surface area (Å²) in [5, 5.41) is 83.5. The zero-order chi connectivity index (χ0) is 84.0. The molecule has 37 nitrogen and oxygen atoms in total. The number of alkyl halides is 6. The molecule has 614 valence electrons. The Balaban J connectivity index is 0.00000266. The second-order valence-electron chi connectivity index (χ2n) is 26.6. The number of carboxylic acids is 2. The van der Waals surface area contributed by atoms with Gasteiger partial charge in [0.25, 0.3) is 0 Å². The molecule has 43 heteroatoms. The van der Waals surface area contributed by atoms with E-state index in [-0.39, 0.29) is 62.5 Å². The van der Waals surface area contributed by atoms with Crippen molar-refractivity contribution >= 4 is 99.7 Å². The maximum Gasteiger partial charge on any atom is 0.490 e. The molecule has 0 aliphatic carbocycles. The van der Waals surface area contributed by atoms with Crippen LogP contribution in [0.3, 0.4) is 0 Å². The number of aromatic amines is 1. The summed E-state index contributed by atoms with van der Waals surface area (Å²) in [5.41, 5.74) is 24.3. The van der Waals surface area contributed by atoms with Gasteiger partial charge in [-0.3, -0.25) is 57.7 Å². The number of ether oxygens (including phenoxy) is 1. The summed E-state index contributed by atoms with van der Waals surface area (Å²) in [6.07, 6.45) is -16.8. The van der Waals surface area contributed by atoms with Crippen LogP contribution in [0.1, 0.15) is 112 Å². The summed E-state index contributed by atoms with van der Waals surface area (Å²) in [6.45, 7) is 11.7. The largest absolute Gasteiger partial charge is 0.490 e. The SMILES string of the molecule is CC[C@H](C)C1NC(=O)[C@@H](CCCN=C(N)N)NC(=O)[C@H](CC(C)C)NC(=O)[C@H]([C@H](O)C(C)C)NC(=O)[C@@H](NC(=O)[C@H](CC(C)C)NC(=O)[C@H](N)Cc2c[nH]c3ccccc23)[C@@H](c2ccccc2)OC(=O)[C@H](CO)NC(=O)[C@H]([C@H](O)C(N)=O)NC(=O)CNC(=O)C([C@H](C)O)NC1=O.O=C(O)C(F)(F)F.O=C(O)C(F)(F)F. The first-order valence-electron chi connectivity index (χ1n) is 34.2. The Morgan fingerprint density at radius 2 is 1.15 bits per heavy atom. The number of primary amides is 1. The van der Waals surface area contributed by atoms with E-state index < -0.39 is 211 Å². The highest BCUT2D eigenvalue weighted by molar-refractivity contribution is 6.00. The van der Waals surface area contributed by atoms with Crippen molar-refractivity contribution in [1.29, 1.82) is 0 Å². The minimum atomic E-state index is -5.08. The summed E-state index contributed by atoms with van der Waals surface area (Å²) < 4.78 is 69.4. The fraction of sp³-hybridized carbons (Fsp3) is 0.567. The van der Waals surface area contributed by atoms with E-state index in [0.717, 1.165) is 17.8 Å². The first-order chi connectivity index (χ1) is 51.1. The number of guanidine groups is 1. The Morgan fingerprint density at radius 1 is 0.636 bits per heavy atom. The fourth-order valence-electron chi connectivity index (χ4n) is 10.3. The lowest BCUT2D eigenvalue weighted by molar-refractivity contribution is -0.193. The number of carbonyl (C=O) groups excluding carboxylic acids is 12. The van der Waals surface area contributed by atoms with Crippen molar-refractivity contribution in [2.45, 2.75) is 198 Å². The minimum absolute atomic E-state index is 0.000326. The third-order valence-corrected chi connectivity index (χ3v) is 16.3. The predicted octanol–water partition coefficient (Wildman–Crippen LogP) is -3.49. The van der Waals surface area contributed by atoms with Gasteiger partial charge in [-0.1, -0.05) is 110 Å². The third kappa shape index (κ3) is 31.4. The summed E-state index contributed by atoms with van der Waals surface area (Å²) in [7, 11) is 0. The number of aliphatic carboxylic acids is 2. The molecule has 1 aliphatic heterocycles. The zero-order valence-corrected chi connectivity index (χ0v) is 61.4. The smallest absolute Gasteiger partial charge is 0.475 e. The van der Waals surface area contributed by atoms with Crippen LogP contribution in [0.15, 0.2) is 65.8 Å². The molecule has 1 aromatic heterocycles. The predicted molar refractivity (Wildman–Crippen MR) is 376 cm³/mol. The number of hydrogen-bond acceptors (Lipinski definition) is 21. The Labute approximate surface area is 626 Å². The number of H-pyrrole nitrogens is 1. The van der Waals surface area contributed by atoms with Gasteiger partial charge < -0.3 is 116 Å². The normalized spacial score (nSPS) is 22.3. The maximum atomic E-state index is 15.5. The second kappa shape index (κ2) is 44.6. The molecule has 3 aromatic rings. The number of aromatic nitrogens is 1. The molecule has 2 aromatic carbocycles. The lowest BCUT2D eigenvalue weighted by Crippen LogP contribution is -2.64. The van der Waals surface area contributed by atoms with E-state index in [1.165, 1.54) is 44.2 Å². The van der Waals surface area contributed by atoms with Gasteiger partial charge in [0, 0.05) is 23.6 Å². The molecule has 4 rings (SSSR count). The van der Waals surface area contributed by atoms with Crippen LogP contribution in [0.5, 0.6) is 0 Å². The van der Waals surface area contributed by atoms with Crippen LogP contribution in [0, 0.1) is 23.7 Å². The van der Waals surface area contributed by atoms with Gasteiger partial charge >= 0.3 is 30.3 Å². The minimum Gasteiger partial charge on any atom is -0.475 e. The van der Waals surface area contributed by atoms with Crippen molar-refractivity contribution in [1.82, 2.24) is 58.2 Å². The molecule has 0 spiro atoms. The summed E-state index contributed by atoms with van der Waals surface area (Å²) in [5.74, 6) is -22.9. The number of nitrogens with zero attached hydrogens (tertiary/aromatic N) is 1. The monoisotopic (exact) mass is 1580 g/mol. The molecule has 11 amide bonds. The van der Waals surface area contributed by atoms with Crippen molar-refractivity contribution < 1.29 is 129 Å². The van der Waals surface area contributed by atoms with Gasteiger partial charge in [-0.25, -0.2) is 14.4 Å². The first-order valence-corrected chi connectivity index (χ1v) is 34.2. The average Bonchev–Trinajstić information content (AvgIpc) is 1.22. The van der Waals surface area contributed by atoms with Gasteiger partial charge in [0.2, 0.25) is 65.0 Å². The van der Waals surface area contributed by atoms with Crippen LogP contribution in [-0.4, -0.2) is 235 Å². The number of amides is 11. The zero-order valence-electron chi connectivity index (χ0n) is 61.4. The van der Waals surface area contributed by atoms with E-state index in [1.807, 2.05) is 28.8 Å². The number of benzene rings is 2. The van der Waals surface area contributed by atoms with Crippen molar-refractivity contribution in [2.24, 2.45) is 51.6 Å². The van der Waals surface area contributed by atoms with Gasteiger partial charge in [-0.15, -0.1) is 0 Å². The van der Waals surface area contributed by atoms with E-state index in [1.54, 1.807) is 53.8 Å². The molecule has 110 heavy (non-hydrogen) atoms. The molecule has 1 aliphatic rings. The third-order valence-electron chi connectivity index (χ3n) is 16.3. The molecule has 1 fully saturated rings. The topological polar surface area (TPSA) is 622 Å². The molecule has 15 atom stereocenters. The number of rotatable bonds is 23. The van der Waals surface area contributed by atoms with Gasteiger partial charge in [0.1, 0.15) is 48.3 Å². The van der Waals surface area contributed by atoms with Crippen LogP contribution in [0.2, 0.25) is 0 Å². The lowest BCUT2D eigenvalue weighted by atomic mass is 9.95. The van der Waals surface area contributed by atoms with Gasteiger partial charge in [0.05, 0.1) is 31.4 Å². The van der Waals surface area contributed by atoms with Crippen LogP contribution >= 0.6 is 0 Å². The summed E-state index contributed by atoms with van der Waals surface area (Å²) in [4.78, 5) is 196. The van der Waals surface area contributed by atoms with Crippen LogP contribution < -0.4 is 76.1 Å². The number of hydrogen-bond donors (Lipinski definition) is 21. The molecule has 25 N–H and O–H groups in total. The summed E-state index contributed by atoms with van der Waals surface area (Å²) in [6, 6.07) is -3.79. The van der Waals surface area contributed by atoms with Crippen LogP contribution in [-0.2, 0) is 78.3 Å². The number of aliphatic hydroxyl groups is 4. The second-order valence-corrected chi connectivity index (χ2v) is 26.6. The number of aliphatic hydroxyl groups excluding tert-OH is 4. The standard InChI is InChI=1S/C63H96N16O17.2C2HF3O2/c1-10-32(8)44-58(91)77-45(33(9)81)57(90)70-27-43(82)75-47(50(84)52(65)85)60(93)74-42(28-80)62(95)96-51(34-17-12-11-13-18-34)48(79-56(89)41(24-30(4)5)72-53(86)37(64)25-35-26-69-38-20-15-14-19-36(35)38)61(94)78-46(49(83)31(6)7)59(92)73-40(23-29(2)3)55(88)71-39(54(87)76-44)21-16-22-68-63(66)67;2*3-2(4,5)1(6)7/h11-15,17-20,26,29-33,37,39-42,44-51,69,80-81,83-84H,10,16,21-25,27-28,64H2,1-9H3,(H2,65,85)(H,70,90)(H,71,88)(H,72,86)(H,73,92)(H,74,93)(H,75,82)(H,76,87)(H,77,91)(H,78,94)(H,79,89)(H4,66,67,68);2*(H,6,7)/t32-,33-,37+,39+,40-,41-,42-,44?,45?,46-,47-,48-,49+,50-,51+;;/m0../s1. The highest BCUT2D eigenvalue weighted by Gasteiger charge is 2.45. The molecular formula is C67H98F6N16O21. The number of halogens is 6. The van der Waals surface area contributed by atoms with E-state index in [4.69, 9.17) is 47.5 Å². The lowest BCUT2D eigenvalue weighted by Gasteiger charge is -2.33. The van der Waals surface area contributed by atoms with Gasteiger partial charge in [0.15, 0.2) is 24.2 Å². The number of carboxylic acid groups (broad SMARTS) is 2. The molecular weight excluding hydrogens is 1480 g/mol. The van der Waals surface area contributed by atoms with Crippen molar-refractivity contribution in [3.63, 3.8) is 0 Å². The molecule has 2 heterocycles. The van der Waals surface area contributed by atoms with E-state index in [9.17, 15) is 94.7 Å². The Bertz CT molecular complexity index is 3650. The van der Waals surface area contributed by atoms with Crippen LogP contribution in [0.25, 0.3) is 10.9 Å². The molecule has 0 bridgehead atoms. The number of nitrogens with two attached hydrogens (primary N) is 4. The number of fused-ring (bicyclic) bond motifs is 1. The Morgan fingerprint density at radius 3 is 1.67 bits per heavy atom. The summed E-state index contributed by atoms with van der Waals surface area (Å²) >= 11 is 0. The van der Waals surface area contributed by atoms with E-state index in [0.29, 0.717) is 5.56 Å². The maximum absolute atomic E-state index is 15.5. The molecule has 0 saturated carbocycles. The first kappa shape index (κ1) is 95.3. The average molecular weight is 1580 g/mol. The van der Waals surface area contributed by atoms with Crippen molar-refractivity contribution in [3.05, 3.63) is 71.9 Å². The van der Waals surface area contributed by atoms with Crippen molar-refractivity contribution in [2.75, 3.05) is 19.7 Å². The number of esters is 1. The fourth-order valence-corrected chi connectivity index (χ4v) is 10.3. The van der Waals surface area contributed by atoms with Crippen molar-refractivity contribution in [3.8, 4) is 0 Å². The number of nitrogens with one attached hydrogen (secondary N) is 11. The number of cyclic esters (lactones) is 1. The van der Waals surface area contributed by atoms with Gasteiger partial charge in [-0.2, -0.15) is 26.3 Å². The highest BCUT2D eigenvalue weighted by atomic mass is 19.4. The van der Waals surface area contributed by atoms with Gasteiger partial charge in [-0.05, 0) is 79.9 Å². The van der Waals surface area contributed by atoms with E-state index in [2.05, 4.69) is 52.5 Å².